The van der Waals surface area contributed by atoms with Gasteiger partial charge in [0.05, 0.1) is 5.69 Å². The standard InChI is InChI=1S/C13H19N3O2S2/c1-2-10-5-7-16(8-6-10)20(17,18)11-3-4-12(13(14)19)15-9-11/h3-4,9-10H,2,5-8H2,1H3,(H2,14,19). The van der Waals surface area contributed by atoms with Crippen LogP contribution < -0.4 is 5.73 Å². The summed E-state index contributed by atoms with van der Waals surface area (Å²) in [5, 5.41) is 0. The predicted molar refractivity (Wildman–Crippen MR) is 81.9 cm³/mol. The summed E-state index contributed by atoms with van der Waals surface area (Å²) >= 11 is 4.81. The molecule has 1 fully saturated rings. The van der Waals surface area contributed by atoms with Gasteiger partial charge in [-0.25, -0.2) is 8.42 Å². The summed E-state index contributed by atoms with van der Waals surface area (Å²) in [5.41, 5.74) is 5.89. The molecule has 1 saturated heterocycles. The zero-order chi connectivity index (χ0) is 14.8. The first kappa shape index (κ1) is 15.3. The number of nitrogens with zero attached hydrogens (tertiary/aromatic N) is 2. The molecule has 20 heavy (non-hydrogen) atoms. The third kappa shape index (κ3) is 3.16. The van der Waals surface area contributed by atoms with E-state index in [1.54, 1.807) is 6.07 Å². The zero-order valence-corrected chi connectivity index (χ0v) is 13.1. The smallest absolute Gasteiger partial charge is 0.244 e. The Hall–Kier alpha value is -1.05. The van der Waals surface area contributed by atoms with Gasteiger partial charge in [0, 0.05) is 19.3 Å². The van der Waals surface area contributed by atoms with Crippen molar-refractivity contribution in [1.29, 1.82) is 0 Å². The van der Waals surface area contributed by atoms with Gasteiger partial charge in [0.2, 0.25) is 10.0 Å². The van der Waals surface area contributed by atoms with Crippen LogP contribution in [0.4, 0.5) is 0 Å². The minimum Gasteiger partial charge on any atom is -0.388 e. The highest BCUT2D eigenvalue weighted by atomic mass is 32.2. The number of thiocarbonyl (C=S) groups is 1. The predicted octanol–water partition coefficient (Wildman–Crippen LogP) is 1.53. The molecule has 0 aliphatic carbocycles. The number of rotatable bonds is 4. The number of aromatic nitrogens is 1. The first-order chi connectivity index (χ1) is 9.45. The van der Waals surface area contributed by atoms with Crippen LogP contribution in [-0.4, -0.2) is 35.8 Å². The highest BCUT2D eigenvalue weighted by molar-refractivity contribution is 7.89. The molecule has 1 aliphatic heterocycles. The third-order valence-corrected chi connectivity index (χ3v) is 5.87. The van der Waals surface area contributed by atoms with E-state index in [9.17, 15) is 8.42 Å². The Morgan fingerprint density at radius 2 is 2.10 bits per heavy atom. The van der Waals surface area contributed by atoms with E-state index in [0.29, 0.717) is 24.7 Å². The molecule has 1 aromatic rings. The Morgan fingerprint density at radius 3 is 2.55 bits per heavy atom. The van der Waals surface area contributed by atoms with Crippen molar-refractivity contribution in [1.82, 2.24) is 9.29 Å². The maximum atomic E-state index is 12.5. The van der Waals surface area contributed by atoms with Gasteiger partial charge in [0.25, 0.3) is 0 Å². The summed E-state index contributed by atoms with van der Waals surface area (Å²) in [6.07, 6.45) is 4.29. The van der Waals surface area contributed by atoms with Crippen molar-refractivity contribution in [3.8, 4) is 0 Å². The molecule has 7 heteroatoms. The van der Waals surface area contributed by atoms with E-state index in [-0.39, 0.29) is 9.88 Å². The lowest BCUT2D eigenvalue weighted by atomic mass is 9.96. The lowest BCUT2D eigenvalue weighted by Gasteiger charge is -2.30. The van der Waals surface area contributed by atoms with Gasteiger partial charge >= 0.3 is 0 Å². The second-order valence-corrected chi connectivity index (χ2v) is 7.38. The molecule has 0 saturated carbocycles. The molecule has 110 valence electrons. The molecular formula is C13H19N3O2S2. The van der Waals surface area contributed by atoms with E-state index in [4.69, 9.17) is 18.0 Å². The molecule has 5 nitrogen and oxygen atoms in total. The molecule has 0 spiro atoms. The van der Waals surface area contributed by atoms with Crippen molar-refractivity contribution in [2.75, 3.05) is 13.1 Å². The van der Waals surface area contributed by atoms with Crippen molar-refractivity contribution in [2.45, 2.75) is 31.1 Å². The maximum absolute atomic E-state index is 12.5. The van der Waals surface area contributed by atoms with E-state index in [1.165, 1.54) is 16.6 Å². The lowest BCUT2D eigenvalue weighted by Crippen LogP contribution is -2.38. The molecule has 0 atom stereocenters. The summed E-state index contributed by atoms with van der Waals surface area (Å²) < 4.78 is 26.5. The summed E-state index contributed by atoms with van der Waals surface area (Å²) in [6.45, 7) is 3.31. The van der Waals surface area contributed by atoms with Crippen LogP contribution in [0.15, 0.2) is 23.2 Å². The fourth-order valence-electron chi connectivity index (χ4n) is 2.39. The minimum absolute atomic E-state index is 0.165. The van der Waals surface area contributed by atoms with E-state index in [1.807, 2.05) is 0 Å². The van der Waals surface area contributed by atoms with E-state index in [0.717, 1.165) is 19.3 Å². The summed E-state index contributed by atoms with van der Waals surface area (Å²) in [5.74, 6) is 0.636. The van der Waals surface area contributed by atoms with Crippen LogP contribution in [0, 0.1) is 5.92 Å². The zero-order valence-electron chi connectivity index (χ0n) is 11.4. The topological polar surface area (TPSA) is 76.3 Å². The molecule has 0 amide bonds. The fourth-order valence-corrected chi connectivity index (χ4v) is 3.92. The second-order valence-electron chi connectivity index (χ2n) is 5.00. The van der Waals surface area contributed by atoms with Crippen LogP contribution in [0.2, 0.25) is 0 Å². The van der Waals surface area contributed by atoms with Gasteiger partial charge in [-0.15, -0.1) is 0 Å². The number of hydrogen-bond donors (Lipinski definition) is 1. The lowest BCUT2D eigenvalue weighted by molar-refractivity contribution is 0.269. The van der Waals surface area contributed by atoms with Crippen LogP contribution >= 0.6 is 12.2 Å². The monoisotopic (exact) mass is 313 g/mol. The Bertz CT molecular complexity index is 576. The van der Waals surface area contributed by atoms with Crippen molar-refractivity contribution < 1.29 is 8.42 Å². The van der Waals surface area contributed by atoms with E-state index in [2.05, 4.69) is 11.9 Å². The third-order valence-electron chi connectivity index (χ3n) is 3.78. The molecule has 2 heterocycles. The number of nitrogens with two attached hydrogens (primary N) is 1. The Kier molecular flexibility index (Phi) is 4.72. The van der Waals surface area contributed by atoms with E-state index >= 15 is 0 Å². The molecule has 0 unspecified atom stereocenters. The SMILES string of the molecule is CCC1CCN(S(=O)(=O)c2ccc(C(N)=S)nc2)CC1. The van der Waals surface area contributed by atoms with Crippen LogP contribution in [0.1, 0.15) is 31.9 Å². The summed E-state index contributed by atoms with van der Waals surface area (Å²) in [7, 11) is -3.45. The Labute approximate surface area is 125 Å². The second kappa shape index (κ2) is 6.15. The first-order valence-electron chi connectivity index (χ1n) is 6.71. The molecule has 1 aromatic heterocycles. The molecular weight excluding hydrogens is 294 g/mol. The van der Waals surface area contributed by atoms with Gasteiger partial charge in [0.1, 0.15) is 9.88 Å². The molecule has 0 radical (unpaired) electrons. The van der Waals surface area contributed by atoms with E-state index < -0.39 is 10.0 Å². The fraction of sp³-hybridized carbons (Fsp3) is 0.538. The van der Waals surface area contributed by atoms with Gasteiger partial charge < -0.3 is 5.73 Å². The number of sulfonamides is 1. The Morgan fingerprint density at radius 1 is 1.45 bits per heavy atom. The molecule has 1 aliphatic rings. The Balaban J connectivity index is 2.16. The van der Waals surface area contributed by atoms with Crippen LogP contribution in [0.25, 0.3) is 0 Å². The summed E-state index contributed by atoms with van der Waals surface area (Å²) in [6, 6.07) is 3.07. The van der Waals surface area contributed by atoms with Gasteiger partial charge in [-0.05, 0) is 30.9 Å². The number of pyridine rings is 1. The average Bonchev–Trinajstić information content (AvgIpc) is 2.47. The highest BCUT2D eigenvalue weighted by Gasteiger charge is 2.28. The number of hydrogen-bond acceptors (Lipinski definition) is 4. The number of piperidine rings is 1. The average molecular weight is 313 g/mol. The van der Waals surface area contributed by atoms with Crippen molar-refractivity contribution in [2.24, 2.45) is 11.7 Å². The quantitative estimate of drug-likeness (QED) is 0.853. The summed E-state index contributed by atoms with van der Waals surface area (Å²) in [4.78, 5) is 4.36. The van der Waals surface area contributed by atoms with Crippen molar-refractivity contribution in [3.05, 3.63) is 24.0 Å². The normalized spacial score (nSPS) is 18.1. The van der Waals surface area contributed by atoms with Crippen LogP contribution in [-0.2, 0) is 10.0 Å². The van der Waals surface area contributed by atoms with Gasteiger partial charge in [-0.2, -0.15) is 4.31 Å². The van der Waals surface area contributed by atoms with Gasteiger partial charge in [0.15, 0.2) is 0 Å². The van der Waals surface area contributed by atoms with Gasteiger partial charge in [-0.1, -0.05) is 25.6 Å². The maximum Gasteiger partial charge on any atom is 0.244 e. The molecule has 2 N–H and O–H groups in total. The molecule has 0 aromatic carbocycles. The molecule has 0 bridgehead atoms. The van der Waals surface area contributed by atoms with Gasteiger partial charge in [-0.3, -0.25) is 4.98 Å². The first-order valence-corrected chi connectivity index (χ1v) is 8.56. The largest absolute Gasteiger partial charge is 0.388 e. The van der Waals surface area contributed by atoms with Crippen LogP contribution in [0.3, 0.4) is 0 Å². The van der Waals surface area contributed by atoms with Crippen LogP contribution in [0.5, 0.6) is 0 Å². The van der Waals surface area contributed by atoms with Crippen molar-refractivity contribution in [3.63, 3.8) is 0 Å². The minimum atomic E-state index is -3.45. The van der Waals surface area contributed by atoms with Crippen molar-refractivity contribution >= 4 is 27.2 Å². The molecule has 2 rings (SSSR count). The highest BCUT2D eigenvalue weighted by Crippen LogP contribution is 2.25.